The predicted molar refractivity (Wildman–Crippen MR) is 91.5 cm³/mol. The first-order valence-electron chi connectivity index (χ1n) is 7.16. The van der Waals surface area contributed by atoms with Crippen LogP contribution >= 0.6 is 34.3 Å². The highest BCUT2D eigenvalue weighted by Crippen LogP contribution is 2.37. The highest BCUT2D eigenvalue weighted by Gasteiger charge is 2.41. The van der Waals surface area contributed by atoms with Crippen LogP contribution in [0.5, 0.6) is 0 Å². The second-order valence-corrected chi connectivity index (χ2v) is 8.41. The average Bonchev–Trinajstić information content (AvgIpc) is 3.01. The summed E-state index contributed by atoms with van der Waals surface area (Å²) in [5, 5.41) is 12.7. The second kappa shape index (κ2) is 6.22. The number of hydrogen-bond acceptors (Lipinski definition) is 5. The fourth-order valence-corrected chi connectivity index (χ4v) is 4.74. The highest BCUT2D eigenvalue weighted by molar-refractivity contribution is 7.24. The Kier molecular flexibility index (Phi) is 4.44. The van der Waals surface area contributed by atoms with Crippen molar-refractivity contribution in [2.45, 2.75) is 38.1 Å². The number of aromatic nitrogens is 1. The third-order valence-electron chi connectivity index (χ3n) is 3.97. The number of nitrogens with one attached hydrogen (secondary N) is 1. The van der Waals surface area contributed by atoms with Crippen molar-refractivity contribution in [2.75, 3.05) is 0 Å². The van der Waals surface area contributed by atoms with Gasteiger partial charge in [-0.1, -0.05) is 11.6 Å². The second-order valence-electron chi connectivity index (χ2n) is 5.70. The number of nitrogens with zero attached hydrogens (tertiary/aromatic N) is 1. The van der Waals surface area contributed by atoms with Crippen molar-refractivity contribution < 1.29 is 14.7 Å². The van der Waals surface area contributed by atoms with Crippen molar-refractivity contribution in [3.05, 3.63) is 27.0 Å². The van der Waals surface area contributed by atoms with Crippen molar-refractivity contribution in [3.8, 4) is 9.88 Å². The van der Waals surface area contributed by atoms with Gasteiger partial charge in [-0.2, -0.15) is 0 Å². The normalized spacial score (nSPS) is 15.9. The summed E-state index contributed by atoms with van der Waals surface area (Å²) in [5.74, 6) is -1.13. The number of carboxylic acids is 1. The molecule has 2 aromatic rings. The third kappa shape index (κ3) is 3.41. The van der Waals surface area contributed by atoms with E-state index in [1.165, 1.54) is 22.7 Å². The number of hydrogen-bond donors (Lipinski definition) is 2. The van der Waals surface area contributed by atoms with Gasteiger partial charge in [-0.25, -0.2) is 4.98 Å². The summed E-state index contributed by atoms with van der Waals surface area (Å²) < 4.78 is 0.675. The van der Waals surface area contributed by atoms with E-state index in [9.17, 15) is 9.59 Å². The van der Waals surface area contributed by atoms with E-state index in [0.29, 0.717) is 27.7 Å². The molecule has 3 rings (SSSR count). The fourth-order valence-electron chi connectivity index (χ4n) is 2.68. The Bertz CT molecular complexity index is 765. The summed E-state index contributed by atoms with van der Waals surface area (Å²) in [6.45, 7) is 1.79. The van der Waals surface area contributed by atoms with E-state index in [-0.39, 0.29) is 12.3 Å². The number of carbonyl (C=O) groups is 2. The van der Waals surface area contributed by atoms with Gasteiger partial charge in [-0.3, -0.25) is 9.59 Å². The van der Waals surface area contributed by atoms with E-state index in [0.717, 1.165) is 16.3 Å². The van der Waals surface area contributed by atoms with Gasteiger partial charge in [0, 0.05) is 0 Å². The Morgan fingerprint density at radius 3 is 2.65 bits per heavy atom. The molecule has 0 unspecified atom stereocenters. The van der Waals surface area contributed by atoms with E-state index in [1.54, 1.807) is 13.0 Å². The van der Waals surface area contributed by atoms with Gasteiger partial charge >= 0.3 is 5.97 Å². The number of aliphatic carboxylic acids is 1. The molecule has 2 heterocycles. The molecule has 0 aromatic carbocycles. The summed E-state index contributed by atoms with van der Waals surface area (Å²) in [6, 6.07) is 3.68. The van der Waals surface area contributed by atoms with E-state index < -0.39 is 11.5 Å². The highest BCUT2D eigenvalue weighted by atomic mass is 35.5. The van der Waals surface area contributed by atoms with Crippen LogP contribution in [0.15, 0.2) is 12.1 Å². The molecule has 0 aliphatic heterocycles. The lowest BCUT2D eigenvalue weighted by Crippen LogP contribution is -2.54. The molecule has 8 heteroatoms. The van der Waals surface area contributed by atoms with Gasteiger partial charge in [0.25, 0.3) is 5.91 Å². The number of carboxylic acid groups (broad SMARTS) is 1. The molecule has 1 fully saturated rings. The van der Waals surface area contributed by atoms with Gasteiger partial charge in [0.05, 0.1) is 26.9 Å². The molecule has 0 bridgehead atoms. The number of aryl methyl sites for hydroxylation is 1. The number of thiophene rings is 1. The minimum absolute atomic E-state index is 0.0377. The molecule has 1 aliphatic rings. The Balaban J connectivity index is 1.80. The van der Waals surface area contributed by atoms with E-state index in [1.807, 2.05) is 6.07 Å². The van der Waals surface area contributed by atoms with E-state index in [4.69, 9.17) is 16.7 Å². The minimum Gasteiger partial charge on any atom is -0.481 e. The van der Waals surface area contributed by atoms with Crippen LogP contribution in [0.3, 0.4) is 0 Å². The Labute approximate surface area is 146 Å². The molecule has 2 aromatic heterocycles. The zero-order chi connectivity index (χ0) is 16.6. The molecule has 1 saturated carbocycles. The van der Waals surface area contributed by atoms with Crippen LogP contribution in [0.1, 0.15) is 41.0 Å². The minimum atomic E-state index is -0.889. The lowest BCUT2D eigenvalue weighted by molar-refractivity contribution is -0.139. The van der Waals surface area contributed by atoms with Crippen LogP contribution in [-0.4, -0.2) is 27.5 Å². The smallest absolute Gasteiger partial charge is 0.305 e. The molecule has 2 N–H and O–H groups in total. The third-order valence-corrected chi connectivity index (χ3v) is 6.52. The van der Waals surface area contributed by atoms with Gasteiger partial charge < -0.3 is 10.4 Å². The Morgan fingerprint density at radius 2 is 2.13 bits per heavy atom. The first-order chi connectivity index (χ1) is 10.9. The molecule has 0 atom stereocenters. The number of thiazole rings is 1. The zero-order valence-corrected chi connectivity index (χ0v) is 14.8. The van der Waals surface area contributed by atoms with Gasteiger partial charge in [0.1, 0.15) is 9.88 Å². The Hall–Kier alpha value is -1.44. The summed E-state index contributed by atoms with van der Waals surface area (Å²) in [7, 11) is 0. The van der Waals surface area contributed by atoms with Crippen molar-refractivity contribution in [1.29, 1.82) is 0 Å². The molecule has 5 nitrogen and oxygen atoms in total. The van der Waals surface area contributed by atoms with Gasteiger partial charge in [-0.05, 0) is 38.3 Å². The topological polar surface area (TPSA) is 79.3 Å². The molecule has 0 saturated heterocycles. The molecule has 0 spiro atoms. The van der Waals surface area contributed by atoms with Gasteiger partial charge in [0.2, 0.25) is 0 Å². The van der Waals surface area contributed by atoms with Crippen LogP contribution in [0.4, 0.5) is 0 Å². The first kappa shape index (κ1) is 16.4. The molecule has 1 aliphatic carbocycles. The average molecular weight is 371 g/mol. The van der Waals surface area contributed by atoms with Crippen molar-refractivity contribution in [1.82, 2.24) is 10.3 Å². The molecular weight excluding hydrogens is 356 g/mol. The maximum absolute atomic E-state index is 12.5. The number of carbonyl (C=O) groups excluding carboxylic acids is 1. The number of amides is 1. The van der Waals surface area contributed by atoms with Crippen LogP contribution in [0.25, 0.3) is 9.88 Å². The number of rotatable bonds is 5. The lowest BCUT2D eigenvalue weighted by atomic mass is 9.74. The molecule has 122 valence electrons. The van der Waals surface area contributed by atoms with E-state index in [2.05, 4.69) is 10.3 Å². The van der Waals surface area contributed by atoms with Gasteiger partial charge in [0.15, 0.2) is 0 Å². The fraction of sp³-hybridized carbons (Fsp3) is 0.400. The van der Waals surface area contributed by atoms with Crippen molar-refractivity contribution in [3.63, 3.8) is 0 Å². The SMILES string of the molecule is Cc1nc(-c2ccc(Cl)s2)sc1C(=O)NC1(CC(=O)O)CCC1. The quantitative estimate of drug-likeness (QED) is 0.834. The molecule has 1 amide bonds. The summed E-state index contributed by atoms with van der Waals surface area (Å²) >= 11 is 8.67. The summed E-state index contributed by atoms with van der Waals surface area (Å²) in [5.41, 5.74) is 0.0444. The monoisotopic (exact) mass is 370 g/mol. The largest absolute Gasteiger partial charge is 0.481 e. The van der Waals surface area contributed by atoms with E-state index >= 15 is 0 Å². The number of halogens is 1. The van der Waals surface area contributed by atoms with Crippen LogP contribution < -0.4 is 5.32 Å². The maximum Gasteiger partial charge on any atom is 0.305 e. The van der Waals surface area contributed by atoms with Gasteiger partial charge in [-0.15, -0.1) is 22.7 Å². The zero-order valence-electron chi connectivity index (χ0n) is 12.4. The summed E-state index contributed by atoms with van der Waals surface area (Å²) in [6.07, 6.45) is 2.31. The summed E-state index contributed by atoms with van der Waals surface area (Å²) in [4.78, 5) is 29.5. The standard InChI is InChI=1S/C15H15ClN2O3S2/c1-8-12(23-14(17-8)9-3-4-10(16)22-9)13(21)18-15(5-2-6-15)7-11(19)20/h3-4H,2,5-7H2,1H3,(H,18,21)(H,19,20). The molecule has 0 radical (unpaired) electrons. The van der Waals surface area contributed by atoms with Crippen LogP contribution in [-0.2, 0) is 4.79 Å². The first-order valence-corrected chi connectivity index (χ1v) is 9.17. The van der Waals surface area contributed by atoms with Crippen molar-refractivity contribution >= 4 is 46.2 Å². The Morgan fingerprint density at radius 1 is 1.39 bits per heavy atom. The lowest BCUT2D eigenvalue weighted by Gasteiger charge is -2.41. The van der Waals surface area contributed by atoms with Crippen LogP contribution in [0.2, 0.25) is 4.34 Å². The predicted octanol–water partition coefficient (Wildman–Crippen LogP) is 3.96. The molecular formula is C15H15ClN2O3S2. The molecule has 23 heavy (non-hydrogen) atoms. The van der Waals surface area contributed by atoms with Crippen LogP contribution in [0, 0.1) is 6.92 Å². The van der Waals surface area contributed by atoms with Crippen molar-refractivity contribution in [2.24, 2.45) is 0 Å². The maximum atomic E-state index is 12.5.